The number of carbonyl (C=O) groups excluding carboxylic acids is 3. The number of hydrogen-bond donors (Lipinski definition) is 2. The first kappa shape index (κ1) is 21.9. The lowest BCUT2D eigenvalue weighted by Crippen LogP contribution is -2.52. The zero-order chi connectivity index (χ0) is 21.9. The Morgan fingerprint density at radius 2 is 1.59 bits per heavy atom. The van der Waals surface area contributed by atoms with Gasteiger partial charge in [0.05, 0.1) is 38.9 Å². The number of aryl methyl sites for hydroxylation is 1. The number of aromatic nitrogens is 1. The molecule has 0 fully saturated rings. The molecular weight excluding hydrogens is 382 g/mol. The van der Waals surface area contributed by atoms with Gasteiger partial charge in [0.25, 0.3) is 5.91 Å². The highest BCUT2D eigenvalue weighted by Gasteiger charge is 2.24. The molecule has 29 heavy (non-hydrogen) atoms. The zero-order valence-corrected chi connectivity index (χ0v) is 17.1. The van der Waals surface area contributed by atoms with Crippen molar-refractivity contribution < 1.29 is 33.7 Å². The minimum absolute atomic E-state index is 0.265. The number of carbonyl (C=O) groups is 3. The molecule has 0 saturated heterocycles. The number of amides is 2. The summed E-state index contributed by atoms with van der Waals surface area (Å²) >= 11 is 0. The maximum atomic E-state index is 12.7. The van der Waals surface area contributed by atoms with Gasteiger partial charge in [-0.05, 0) is 26.0 Å². The van der Waals surface area contributed by atoms with Gasteiger partial charge in [0.2, 0.25) is 11.7 Å². The monoisotopic (exact) mass is 406 g/mol. The Bertz CT molecular complexity index is 951. The molecule has 2 rings (SSSR count). The van der Waals surface area contributed by atoms with E-state index < -0.39 is 29.9 Å². The summed E-state index contributed by atoms with van der Waals surface area (Å²) in [6, 6.07) is 1.20. The molecule has 1 heterocycles. The standard InChI is InChI=1S/C19H25N3O7/c1-9(17(23)21-10(2)19(25)26)20-18(24)12-7-11-8-13(27-4)15(28-5)16(29-6)14(11)22(12)3/h7-10H,1-6H3,(H,20,24)(H,21,23)(H,25,26)/p-1/t9-,10-/m0/s1. The third-order valence-corrected chi connectivity index (χ3v) is 4.51. The number of carboxylic acids is 1. The van der Waals surface area contributed by atoms with Crippen LogP contribution < -0.4 is 30.0 Å². The first-order chi connectivity index (χ1) is 13.7. The fourth-order valence-electron chi connectivity index (χ4n) is 2.93. The van der Waals surface area contributed by atoms with Crippen LogP contribution in [0.1, 0.15) is 24.3 Å². The van der Waals surface area contributed by atoms with E-state index in [4.69, 9.17) is 14.2 Å². The Morgan fingerprint density at radius 1 is 0.966 bits per heavy atom. The van der Waals surface area contributed by atoms with Crippen molar-refractivity contribution in [1.29, 1.82) is 0 Å². The fourth-order valence-corrected chi connectivity index (χ4v) is 2.93. The molecule has 10 heteroatoms. The quantitative estimate of drug-likeness (QED) is 0.609. The summed E-state index contributed by atoms with van der Waals surface area (Å²) in [6.07, 6.45) is 0. The Balaban J connectivity index is 2.36. The van der Waals surface area contributed by atoms with Crippen LogP contribution in [-0.2, 0) is 16.6 Å². The first-order valence-electron chi connectivity index (χ1n) is 8.76. The molecule has 2 amide bonds. The van der Waals surface area contributed by atoms with Gasteiger partial charge in [-0.2, -0.15) is 0 Å². The summed E-state index contributed by atoms with van der Waals surface area (Å²) in [5.41, 5.74) is 0.874. The van der Waals surface area contributed by atoms with E-state index in [1.54, 1.807) is 23.7 Å². The summed E-state index contributed by atoms with van der Waals surface area (Å²) in [6.45, 7) is 2.73. The van der Waals surface area contributed by atoms with Gasteiger partial charge in [-0.1, -0.05) is 0 Å². The number of carboxylic acid groups (broad SMARTS) is 1. The highest BCUT2D eigenvalue weighted by atomic mass is 16.5. The van der Waals surface area contributed by atoms with Crippen molar-refractivity contribution >= 4 is 28.7 Å². The van der Waals surface area contributed by atoms with Gasteiger partial charge >= 0.3 is 0 Å². The van der Waals surface area contributed by atoms with Crippen LogP contribution in [0.4, 0.5) is 0 Å². The highest BCUT2D eigenvalue weighted by molar-refractivity contribution is 6.03. The van der Waals surface area contributed by atoms with E-state index in [2.05, 4.69) is 10.6 Å². The normalized spacial score (nSPS) is 12.8. The number of hydrogen-bond acceptors (Lipinski definition) is 7. The lowest BCUT2D eigenvalue weighted by molar-refractivity contribution is -0.307. The van der Waals surface area contributed by atoms with E-state index in [1.165, 1.54) is 35.2 Å². The lowest BCUT2D eigenvalue weighted by Gasteiger charge is -2.19. The highest BCUT2D eigenvalue weighted by Crippen LogP contribution is 2.44. The average molecular weight is 406 g/mol. The Labute approximate surface area is 167 Å². The SMILES string of the molecule is COc1cc2cc(C(=O)N[C@@H](C)C(=O)N[C@@H](C)C(=O)[O-])n(C)c2c(OC)c1OC. The van der Waals surface area contributed by atoms with Crippen molar-refractivity contribution in [2.24, 2.45) is 7.05 Å². The largest absolute Gasteiger partial charge is 0.548 e. The van der Waals surface area contributed by atoms with Gasteiger partial charge in [-0.25, -0.2) is 0 Å². The summed E-state index contributed by atoms with van der Waals surface area (Å²) in [5, 5.41) is 16.2. The molecule has 0 aliphatic rings. The number of ether oxygens (including phenoxy) is 3. The fraction of sp³-hybridized carbons (Fsp3) is 0.421. The van der Waals surface area contributed by atoms with Crippen molar-refractivity contribution in [2.45, 2.75) is 25.9 Å². The molecule has 0 spiro atoms. The molecule has 0 bridgehead atoms. The number of nitrogens with one attached hydrogen (secondary N) is 2. The third-order valence-electron chi connectivity index (χ3n) is 4.51. The molecule has 1 aromatic heterocycles. The Kier molecular flexibility index (Phi) is 6.57. The van der Waals surface area contributed by atoms with Gasteiger partial charge < -0.3 is 39.3 Å². The molecule has 1 aromatic carbocycles. The number of benzene rings is 1. The second-order valence-electron chi connectivity index (χ2n) is 6.42. The van der Waals surface area contributed by atoms with Crippen molar-refractivity contribution in [1.82, 2.24) is 15.2 Å². The van der Waals surface area contributed by atoms with E-state index in [0.29, 0.717) is 28.2 Å². The van der Waals surface area contributed by atoms with E-state index >= 15 is 0 Å². The van der Waals surface area contributed by atoms with Crippen molar-refractivity contribution in [2.75, 3.05) is 21.3 Å². The minimum atomic E-state index is -1.42. The summed E-state index contributed by atoms with van der Waals surface area (Å²) < 4.78 is 17.8. The van der Waals surface area contributed by atoms with Crippen LogP contribution in [0.3, 0.4) is 0 Å². The van der Waals surface area contributed by atoms with Crippen LogP contribution in [0.25, 0.3) is 10.9 Å². The minimum Gasteiger partial charge on any atom is -0.548 e. The van der Waals surface area contributed by atoms with Crippen molar-refractivity contribution in [3.05, 3.63) is 17.8 Å². The predicted octanol–water partition coefficient (Wildman–Crippen LogP) is -0.423. The number of rotatable bonds is 8. The molecule has 2 aromatic rings. The molecular formula is C19H24N3O7-. The number of nitrogens with zero attached hydrogens (tertiary/aromatic N) is 1. The van der Waals surface area contributed by atoms with Crippen LogP contribution in [-0.4, -0.2) is 55.8 Å². The molecule has 10 nitrogen and oxygen atoms in total. The van der Waals surface area contributed by atoms with Crippen LogP contribution in [0.2, 0.25) is 0 Å². The molecule has 2 atom stereocenters. The summed E-state index contributed by atoms with van der Waals surface area (Å²) in [4.78, 5) is 35.6. The van der Waals surface area contributed by atoms with E-state index in [0.717, 1.165) is 0 Å². The van der Waals surface area contributed by atoms with E-state index in [9.17, 15) is 19.5 Å². The van der Waals surface area contributed by atoms with Gasteiger partial charge in [0, 0.05) is 12.4 Å². The van der Waals surface area contributed by atoms with Gasteiger partial charge in [-0.15, -0.1) is 0 Å². The lowest BCUT2D eigenvalue weighted by atomic mass is 10.2. The Morgan fingerprint density at radius 3 is 2.10 bits per heavy atom. The predicted molar refractivity (Wildman–Crippen MR) is 102 cm³/mol. The van der Waals surface area contributed by atoms with Crippen LogP contribution in [0, 0.1) is 0 Å². The van der Waals surface area contributed by atoms with Gasteiger partial charge in [0.1, 0.15) is 11.7 Å². The molecule has 0 unspecified atom stereocenters. The van der Waals surface area contributed by atoms with Crippen molar-refractivity contribution in [3.8, 4) is 17.2 Å². The van der Waals surface area contributed by atoms with E-state index in [1.807, 2.05) is 0 Å². The number of fused-ring (bicyclic) bond motifs is 1. The van der Waals surface area contributed by atoms with Gasteiger partial charge in [0.15, 0.2) is 11.5 Å². The molecule has 2 N–H and O–H groups in total. The smallest absolute Gasteiger partial charge is 0.268 e. The first-order valence-corrected chi connectivity index (χ1v) is 8.76. The maximum absolute atomic E-state index is 12.7. The molecule has 158 valence electrons. The second-order valence-corrected chi connectivity index (χ2v) is 6.42. The summed E-state index contributed by atoms with van der Waals surface area (Å²) in [7, 11) is 6.13. The number of aliphatic carboxylic acids is 1. The molecule has 0 radical (unpaired) electrons. The third kappa shape index (κ3) is 4.20. The zero-order valence-electron chi connectivity index (χ0n) is 17.1. The second kappa shape index (κ2) is 8.72. The Hall–Kier alpha value is -3.43. The topological polar surface area (TPSA) is 131 Å². The maximum Gasteiger partial charge on any atom is 0.268 e. The van der Waals surface area contributed by atoms with E-state index in [-0.39, 0.29) is 5.69 Å². The average Bonchev–Trinajstić information content (AvgIpc) is 3.02. The van der Waals surface area contributed by atoms with Crippen molar-refractivity contribution in [3.63, 3.8) is 0 Å². The number of methoxy groups -OCH3 is 3. The summed E-state index contributed by atoms with van der Waals surface area (Å²) in [5.74, 6) is -1.35. The van der Waals surface area contributed by atoms with Crippen LogP contribution >= 0.6 is 0 Å². The molecule has 0 saturated carbocycles. The van der Waals surface area contributed by atoms with Gasteiger partial charge in [-0.3, -0.25) is 9.59 Å². The molecule has 0 aliphatic carbocycles. The van der Waals surface area contributed by atoms with Crippen LogP contribution in [0.15, 0.2) is 12.1 Å². The van der Waals surface area contributed by atoms with Crippen LogP contribution in [0.5, 0.6) is 17.2 Å². The molecule has 0 aliphatic heterocycles.